The van der Waals surface area contributed by atoms with Crippen molar-refractivity contribution in [3.63, 3.8) is 0 Å². The molecule has 0 unspecified atom stereocenters. The van der Waals surface area contributed by atoms with Crippen molar-refractivity contribution in [2.75, 3.05) is 20.1 Å². The second-order valence-electron chi connectivity index (χ2n) is 6.73. The number of piperidine rings is 1. The lowest BCUT2D eigenvalue weighted by Crippen LogP contribution is -2.45. The Balaban J connectivity index is 1.62. The number of likely N-dealkylation sites (N-methyl/N-ethyl adjacent to an activating group) is 1. The van der Waals surface area contributed by atoms with Crippen molar-refractivity contribution in [3.8, 4) is 0 Å². The molecule has 5 heterocycles. The third-order valence-corrected chi connectivity index (χ3v) is 5.33. The fourth-order valence-corrected chi connectivity index (χ4v) is 3.97. The van der Waals surface area contributed by atoms with Crippen LogP contribution >= 0.6 is 11.6 Å². The summed E-state index contributed by atoms with van der Waals surface area (Å²) in [6, 6.07) is 5.29. The Morgan fingerprint density at radius 1 is 1.25 bits per heavy atom. The molecule has 0 radical (unpaired) electrons. The summed E-state index contributed by atoms with van der Waals surface area (Å²) in [5.74, 6) is 0.309. The molecule has 6 nitrogen and oxygen atoms in total. The lowest BCUT2D eigenvalue weighted by molar-refractivity contribution is -0.138. The van der Waals surface area contributed by atoms with Gasteiger partial charge in [-0.2, -0.15) is 0 Å². The van der Waals surface area contributed by atoms with Crippen molar-refractivity contribution < 1.29 is 4.79 Å². The number of halogens is 1. The molecule has 2 aromatic rings. The topological polar surface area (TPSA) is 57.9 Å². The zero-order valence-corrected chi connectivity index (χ0v) is 14.2. The molecule has 126 valence electrons. The summed E-state index contributed by atoms with van der Waals surface area (Å²) in [4.78, 5) is 33.3. The van der Waals surface area contributed by atoms with Crippen molar-refractivity contribution >= 4 is 23.2 Å². The van der Waals surface area contributed by atoms with Gasteiger partial charge in [0.1, 0.15) is 5.65 Å². The van der Waals surface area contributed by atoms with Crippen LogP contribution in [-0.4, -0.2) is 51.3 Å². The molecule has 0 aromatic carbocycles. The van der Waals surface area contributed by atoms with Crippen LogP contribution in [0.2, 0.25) is 5.02 Å². The molecular weight excluding hydrogens is 328 g/mol. The quantitative estimate of drug-likeness (QED) is 0.824. The molecule has 5 rings (SSSR count). The SMILES string of the molecule is CN1C(=O)[C@H]2CC[C@@H]1CN(Cc1cc(=O)n3cc(Cl)ccc3n1)C2. The molecule has 24 heavy (non-hydrogen) atoms. The van der Waals surface area contributed by atoms with Crippen LogP contribution < -0.4 is 5.56 Å². The van der Waals surface area contributed by atoms with Gasteiger partial charge in [-0.05, 0) is 25.0 Å². The van der Waals surface area contributed by atoms with Gasteiger partial charge in [-0.1, -0.05) is 11.6 Å². The van der Waals surface area contributed by atoms with Gasteiger partial charge in [0.05, 0.1) is 16.6 Å². The molecule has 7 heteroatoms. The summed E-state index contributed by atoms with van der Waals surface area (Å²) >= 11 is 5.94. The lowest BCUT2D eigenvalue weighted by Gasteiger charge is -2.32. The van der Waals surface area contributed by atoms with E-state index >= 15 is 0 Å². The van der Waals surface area contributed by atoms with E-state index < -0.39 is 0 Å². The molecular formula is C17H19ClN4O2. The highest BCUT2D eigenvalue weighted by Crippen LogP contribution is 2.28. The highest BCUT2D eigenvalue weighted by atomic mass is 35.5. The summed E-state index contributed by atoms with van der Waals surface area (Å²) in [5, 5.41) is 0.504. The predicted octanol–water partition coefficient (Wildman–Crippen LogP) is 1.40. The Bertz CT molecular complexity index is 865. The van der Waals surface area contributed by atoms with Gasteiger partial charge in [0.25, 0.3) is 5.56 Å². The van der Waals surface area contributed by atoms with Gasteiger partial charge in [0.15, 0.2) is 0 Å². The predicted molar refractivity (Wildman–Crippen MR) is 91.0 cm³/mol. The summed E-state index contributed by atoms with van der Waals surface area (Å²) in [5.41, 5.74) is 1.19. The first-order chi connectivity index (χ1) is 11.5. The van der Waals surface area contributed by atoms with Crippen molar-refractivity contribution in [2.24, 2.45) is 5.92 Å². The van der Waals surface area contributed by atoms with E-state index in [0.29, 0.717) is 17.2 Å². The molecule has 2 aromatic heterocycles. The van der Waals surface area contributed by atoms with Gasteiger partial charge in [0, 0.05) is 45.0 Å². The maximum atomic E-state index is 12.3. The Hall–Kier alpha value is -1.92. The van der Waals surface area contributed by atoms with Crippen LogP contribution in [0.3, 0.4) is 0 Å². The Morgan fingerprint density at radius 3 is 2.92 bits per heavy atom. The molecule has 3 fully saturated rings. The van der Waals surface area contributed by atoms with Crippen LogP contribution in [0.15, 0.2) is 29.2 Å². The molecule has 1 amide bonds. The molecule has 2 bridgehead atoms. The zero-order chi connectivity index (χ0) is 16.8. The second-order valence-corrected chi connectivity index (χ2v) is 7.17. The number of amides is 1. The van der Waals surface area contributed by atoms with Gasteiger partial charge in [-0.3, -0.25) is 18.9 Å². The van der Waals surface area contributed by atoms with E-state index in [4.69, 9.17) is 11.6 Å². The average molecular weight is 347 g/mol. The first-order valence-electron chi connectivity index (χ1n) is 8.18. The number of carbonyl (C=O) groups is 1. The maximum Gasteiger partial charge on any atom is 0.258 e. The maximum absolute atomic E-state index is 12.3. The van der Waals surface area contributed by atoms with E-state index in [1.54, 1.807) is 24.4 Å². The largest absolute Gasteiger partial charge is 0.341 e. The molecule has 3 aliphatic rings. The molecule has 0 aliphatic carbocycles. The Morgan fingerprint density at radius 2 is 2.08 bits per heavy atom. The number of carbonyl (C=O) groups excluding carboxylic acids is 1. The number of nitrogens with zero attached hydrogens (tertiary/aromatic N) is 4. The molecule has 0 N–H and O–H groups in total. The summed E-state index contributed by atoms with van der Waals surface area (Å²) in [6.07, 6.45) is 3.59. The van der Waals surface area contributed by atoms with Crippen molar-refractivity contribution in [1.82, 2.24) is 19.2 Å². The second kappa shape index (κ2) is 5.86. The summed E-state index contributed by atoms with van der Waals surface area (Å²) < 4.78 is 1.45. The average Bonchev–Trinajstić information content (AvgIpc) is 2.81. The van der Waals surface area contributed by atoms with Crippen LogP contribution in [0.1, 0.15) is 18.5 Å². The van der Waals surface area contributed by atoms with Crippen molar-refractivity contribution in [1.29, 1.82) is 0 Å². The number of rotatable bonds is 2. The minimum atomic E-state index is -0.136. The van der Waals surface area contributed by atoms with Crippen molar-refractivity contribution in [3.05, 3.63) is 45.5 Å². The number of aromatic nitrogens is 2. The van der Waals surface area contributed by atoms with Crippen LogP contribution in [0.5, 0.6) is 0 Å². The van der Waals surface area contributed by atoms with Gasteiger partial charge in [-0.25, -0.2) is 4.98 Å². The van der Waals surface area contributed by atoms with E-state index in [-0.39, 0.29) is 23.4 Å². The smallest absolute Gasteiger partial charge is 0.258 e. The fourth-order valence-electron chi connectivity index (χ4n) is 3.81. The standard InChI is InChI=1S/C17H19ClN4O2/c1-20-14-4-2-11(17(20)24)7-21(10-14)9-13-6-16(23)22-8-12(18)3-5-15(22)19-13/h3,5-6,8,11,14H,2,4,7,9-10H2,1H3/t11-,14+/m0/s1. The highest BCUT2D eigenvalue weighted by molar-refractivity contribution is 6.30. The van der Waals surface area contributed by atoms with Gasteiger partial charge < -0.3 is 4.90 Å². The molecule has 0 saturated carbocycles. The van der Waals surface area contributed by atoms with Crippen molar-refractivity contribution in [2.45, 2.75) is 25.4 Å². The van der Waals surface area contributed by atoms with Gasteiger partial charge in [0.2, 0.25) is 5.91 Å². The zero-order valence-electron chi connectivity index (χ0n) is 13.5. The molecule has 3 aliphatic heterocycles. The molecule has 3 saturated heterocycles. The third kappa shape index (κ3) is 2.70. The summed E-state index contributed by atoms with van der Waals surface area (Å²) in [6.45, 7) is 2.16. The minimum absolute atomic E-state index is 0.0640. The third-order valence-electron chi connectivity index (χ3n) is 5.10. The Kier molecular flexibility index (Phi) is 3.81. The summed E-state index contributed by atoms with van der Waals surface area (Å²) in [7, 11) is 1.90. The Labute approximate surface area is 144 Å². The lowest BCUT2D eigenvalue weighted by atomic mass is 9.95. The molecule has 2 atom stereocenters. The monoisotopic (exact) mass is 346 g/mol. The van der Waals surface area contributed by atoms with E-state index in [1.165, 1.54) is 4.40 Å². The highest BCUT2D eigenvalue weighted by Gasteiger charge is 2.38. The van der Waals surface area contributed by atoms with E-state index in [9.17, 15) is 9.59 Å². The number of fused-ring (bicyclic) bond motifs is 5. The van der Waals surface area contributed by atoms with E-state index in [1.807, 2.05) is 11.9 Å². The first-order valence-corrected chi connectivity index (χ1v) is 8.56. The number of hydrogen-bond acceptors (Lipinski definition) is 4. The van der Waals surface area contributed by atoms with E-state index in [2.05, 4.69) is 9.88 Å². The number of pyridine rings is 1. The van der Waals surface area contributed by atoms with Crippen LogP contribution in [0, 0.1) is 5.92 Å². The molecule has 0 spiro atoms. The van der Waals surface area contributed by atoms with Crippen LogP contribution in [0.25, 0.3) is 5.65 Å². The minimum Gasteiger partial charge on any atom is -0.341 e. The first kappa shape index (κ1) is 15.6. The fraction of sp³-hybridized carbons (Fsp3) is 0.471. The van der Waals surface area contributed by atoms with E-state index in [0.717, 1.165) is 31.6 Å². The van der Waals surface area contributed by atoms with Gasteiger partial charge >= 0.3 is 0 Å². The van der Waals surface area contributed by atoms with Crippen LogP contribution in [-0.2, 0) is 11.3 Å². The van der Waals surface area contributed by atoms with Crippen LogP contribution in [0.4, 0.5) is 0 Å². The van der Waals surface area contributed by atoms with Gasteiger partial charge in [-0.15, -0.1) is 0 Å². The number of hydrogen-bond donors (Lipinski definition) is 0. The normalized spacial score (nSPS) is 24.6.